The van der Waals surface area contributed by atoms with Crippen LogP contribution in [0, 0.1) is 0 Å². The molecule has 0 atom stereocenters. The Labute approximate surface area is 151 Å². The second kappa shape index (κ2) is 7.27. The number of rotatable bonds is 4. The molecule has 0 radical (unpaired) electrons. The largest absolute Gasteiger partial charge is 0.464 e. The molecule has 25 heavy (non-hydrogen) atoms. The Morgan fingerprint density at radius 3 is 2.68 bits per heavy atom. The number of esters is 1. The van der Waals surface area contributed by atoms with Gasteiger partial charge in [-0.2, -0.15) is 5.10 Å². The number of nitrogens with zero attached hydrogens (tertiary/aromatic N) is 3. The first-order valence-corrected chi connectivity index (χ1v) is 8.52. The summed E-state index contributed by atoms with van der Waals surface area (Å²) in [5, 5.41) is 4.94. The molecule has 0 spiro atoms. The molecule has 1 amide bonds. The maximum absolute atomic E-state index is 12.5. The molecule has 0 saturated carbocycles. The van der Waals surface area contributed by atoms with Crippen molar-refractivity contribution in [3.63, 3.8) is 0 Å². The molecule has 1 aliphatic rings. The Hall–Kier alpha value is -2.34. The fourth-order valence-corrected chi connectivity index (χ4v) is 3.23. The molecule has 2 heterocycles. The van der Waals surface area contributed by atoms with Crippen molar-refractivity contribution < 1.29 is 14.3 Å². The van der Waals surface area contributed by atoms with Crippen molar-refractivity contribution in [3.8, 4) is 0 Å². The Balaban J connectivity index is 1.66. The van der Waals surface area contributed by atoms with Gasteiger partial charge in [0.15, 0.2) is 5.69 Å². The van der Waals surface area contributed by atoms with Crippen molar-refractivity contribution in [2.75, 3.05) is 13.7 Å². The second-order valence-electron chi connectivity index (χ2n) is 6.08. The van der Waals surface area contributed by atoms with Gasteiger partial charge in [-0.15, -0.1) is 0 Å². The number of hydrogen-bond donors (Lipinski definition) is 0. The summed E-state index contributed by atoms with van der Waals surface area (Å²) in [6, 6.07) is 7.54. The zero-order chi connectivity index (χ0) is 18.0. The van der Waals surface area contributed by atoms with Gasteiger partial charge < -0.3 is 9.64 Å². The van der Waals surface area contributed by atoms with Crippen molar-refractivity contribution in [2.45, 2.75) is 25.8 Å². The lowest BCUT2D eigenvalue weighted by molar-refractivity contribution is -0.132. The van der Waals surface area contributed by atoms with E-state index in [-0.39, 0.29) is 5.91 Å². The van der Waals surface area contributed by atoms with Crippen LogP contribution in [0.5, 0.6) is 0 Å². The lowest BCUT2D eigenvalue weighted by Crippen LogP contribution is -2.36. The second-order valence-corrected chi connectivity index (χ2v) is 6.52. The lowest BCUT2D eigenvalue weighted by atomic mass is 10.0. The predicted molar refractivity (Wildman–Crippen MR) is 93.4 cm³/mol. The zero-order valence-corrected chi connectivity index (χ0v) is 15.0. The van der Waals surface area contributed by atoms with Gasteiger partial charge in [-0.05, 0) is 30.5 Å². The van der Waals surface area contributed by atoms with E-state index in [0.717, 1.165) is 16.8 Å². The molecule has 0 bridgehead atoms. The molecule has 3 rings (SSSR count). The monoisotopic (exact) mass is 361 g/mol. The molecule has 1 aromatic carbocycles. The van der Waals surface area contributed by atoms with Crippen LogP contribution in [0.1, 0.15) is 33.7 Å². The lowest BCUT2D eigenvalue weighted by Gasteiger charge is -2.27. The minimum atomic E-state index is -0.431. The van der Waals surface area contributed by atoms with Crippen LogP contribution in [0.4, 0.5) is 0 Å². The first-order valence-electron chi connectivity index (χ1n) is 8.15. The number of aryl methyl sites for hydroxylation is 2. The van der Waals surface area contributed by atoms with Gasteiger partial charge in [0.1, 0.15) is 0 Å². The van der Waals surface area contributed by atoms with Crippen molar-refractivity contribution in [1.82, 2.24) is 14.7 Å². The number of halogens is 1. The van der Waals surface area contributed by atoms with Crippen LogP contribution in [-0.2, 0) is 36.0 Å². The Morgan fingerprint density at radius 1 is 1.28 bits per heavy atom. The van der Waals surface area contributed by atoms with E-state index < -0.39 is 5.97 Å². The van der Waals surface area contributed by atoms with E-state index in [1.165, 1.54) is 7.11 Å². The number of amides is 1. The highest BCUT2D eigenvalue weighted by Crippen LogP contribution is 2.23. The fourth-order valence-electron chi connectivity index (χ4n) is 3.10. The maximum Gasteiger partial charge on any atom is 0.358 e. The first kappa shape index (κ1) is 17.5. The molecule has 7 heteroatoms. The van der Waals surface area contributed by atoms with Gasteiger partial charge in [-0.1, -0.05) is 23.7 Å². The highest BCUT2D eigenvalue weighted by atomic mass is 35.5. The highest BCUT2D eigenvalue weighted by molar-refractivity contribution is 6.30. The van der Waals surface area contributed by atoms with E-state index in [1.54, 1.807) is 11.7 Å². The molecular formula is C18H20ClN3O3. The van der Waals surface area contributed by atoms with Gasteiger partial charge in [-0.3, -0.25) is 9.48 Å². The highest BCUT2D eigenvalue weighted by Gasteiger charge is 2.29. The van der Waals surface area contributed by atoms with Gasteiger partial charge >= 0.3 is 5.97 Å². The van der Waals surface area contributed by atoms with Crippen LogP contribution in [0.3, 0.4) is 0 Å². The minimum Gasteiger partial charge on any atom is -0.464 e. The van der Waals surface area contributed by atoms with Gasteiger partial charge in [0, 0.05) is 30.6 Å². The molecular weight excluding hydrogens is 342 g/mol. The quantitative estimate of drug-likeness (QED) is 0.784. The topological polar surface area (TPSA) is 64.4 Å². The zero-order valence-electron chi connectivity index (χ0n) is 14.3. The third-order valence-corrected chi connectivity index (χ3v) is 4.77. The first-order chi connectivity index (χ1) is 12.0. The van der Waals surface area contributed by atoms with Crippen LogP contribution in [0.15, 0.2) is 24.3 Å². The molecule has 132 valence electrons. The summed E-state index contributed by atoms with van der Waals surface area (Å²) < 4.78 is 6.45. The molecule has 1 aliphatic heterocycles. The van der Waals surface area contributed by atoms with Crippen LogP contribution >= 0.6 is 11.6 Å². The van der Waals surface area contributed by atoms with Crippen LogP contribution in [0.2, 0.25) is 5.02 Å². The number of aromatic nitrogens is 2. The van der Waals surface area contributed by atoms with E-state index in [2.05, 4.69) is 5.10 Å². The third kappa shape index (κ3) is 3.69. The molecule has 0 aliphatic carbocycles. The molecule has 0 fully saturated rings. The predicted octanol–water partition coefficient (Wildman–Crippen LogP) is 2.38. The Kier molecular flexibility index (Phi) is 5.08. The number of ether oxygens (including phenoxy) is 1. The Bertz CT molecular complexity index is 799. The summed E-state index contributed by atoms with van der Waals surface area (Å²) in [5.74, 6) is -0.333. The summed E-state index contributed by atoms with van der Waals surface area (Å²) in [5.41, 5.74) is 3.22. The molecule has 1 aromatic heterocycles. The maximum atomic E-state index is 12.5. The van der Waals surface area contributed by atoms with E-state index in [0.29, 0.717) is 43.1 Å². The van der Waals surface area contributed by atoms with Gasteiger partial charge in [0.05, 0.1) is 19.3 Å². The summed E-state index contributed by atoms with van der Waals surface area (Å²) in [6.07, 6.45) is 1.73. The Morgan fingerprint density at radius 2 is 2.00 bits per heavy atom. The van der Waals surface area contributed by atoms with Crippen molar-refractivity contribution in [1.29, 1.82) is 0 Å². The standard InChI is InChI=1S/C18H20ClN3O3/c1-21-15-11-22(10-9-14(15)17(20-21)18(24)25-2)16(23)8-5-12-3-6-13(19)7-4-12/h3-4,6-7H,5,8-11H2,1-2H3. The molecule has 0 saturated heterocycles. The number of carbonyl (C=O) groups excluding carboxylic acids is 2. The van der Waals surface area contributed by atoms with E-state index in [1.807, 2.05) is 29.2 Å². The third-order valence-electron chi connectivity index (χ3n) is 4.52. The average molecular weight is 362 g/mol. The van der Waals surface area contributed by atoms with E-state index in [9.17, 15) is 9.59 Å². The summed E-state index contributed by atoms with van der Waals surface area (Å²) in [6.45, 7) is 1.05. The number of benzene rings is 1. The van der Waals surface area contributed by atoms with Crippen molar-refractivity contribution >= 4 is 23.5 Å². The SMILES string of the molecule is COC(=O)c1nn(C)c2c1CCN(C(=O)CCc1ccc(Cl)cc1)C2. The van der Waals surface area contributed by atoms with Crippen LogP contribution < -0.4 is 0 Å². The number of carbonyl (C=O) groups is 2. The number of fused-ring (bicyclic) bond motifs is 1. The van der Waals surface area contributed by atoms with Gasteiger partial charge in [0.2, 0.25) is 5.91 Å². The smallest absolute Gasteiger partial charge is 0.358 e. The summed E-state index contributed by atoms with van der Waals surface area (Å²) in [7, 11) is 3.13. The molecule has 0 unspecified atom stereocenters. The number of hydrogen-bond acceptors (Lipinski definition) is 4. The average Bonchev–Trinajstić information content (AvgIpc) is 2.96. The van der Waals surface area contributed by atoms with E-state index >= 15 is 0 Å². The molecule has 0 N–H and O–H groups in total. The van der Waals surface area contributed by atoms with Crippen LogP contribution in [-0.4, -0.2) is 40.2 Å². The van der Waals surface area contributed by atoms with E-state index in [4.69, 9.17) is 16.3 Å². The van der Waals surface area contributed by atoms with Gasteiger partial charge in [-0.25, -0.2) is 4.79 Å². The van der Waals surface area contributed by atoms with Gasteiger partial charge in [0.25, 0.3) is 0 Å². The molecule has 2 aromatic rings. The number of methoxy groups -OCH3 is 1. The summed E-state index contributed by atoms with van der Waals surface area (Å²) >= 11 is 5.88. The normalized spacial score (nSPS) is 13.5. The minimum absolute atomic E-state index is 0.0985. The summed E-state index contributed by atoms with van der Waals surface area (Å²) in [4.78, 5) is 26.2. The van der Waals surface area contributed by atoms with Crippen molar-refractivity contribution in [3.05, 3.63) is 51.8 Å². The fraction of sp³-hybridized carbons (Fsp3) is 0.389. The molecule has 6 nitrogen and oxygen atoms in total. The van der Waals surface area contributed by atoms with Crippen LogP contribution in [0.25, 0.3) is 0 Å². The van der Waals surface area contributed by atoms with Crippen molar-refractivity contribution in [2.24, 2.45) is 7.05 Å².